The third-order valence-corrected chi connectivity index (χ3v) is 2.49. The van der Waals surface area contributed by atoms with Crippen molar-refractivity contribution in [3.05, 3.63) is 42.3 Å². The van der Waals surface area contributed by atoms with Crippen molar-refractivity contribution in [1.29, 1.82) is 0 Å². The van der Waals surface area contributed by atoms with Crippen LogP contribution in [0.4, 0.5) is 0 Å². The summed E-state index contributed by atoms with van der Waals surface area (Å²) in [6.07, 6.45) is 1.04. The number of rotatable bonds is 4. The lowest BCUT2D eigenvalue weighted by molar-refractivity contribution is -0.138. The van der Waals surface area contributed by atoms with Crippen molar-refractivity contribution in [2.45, 2.75) is 47.0 Å². The molecule has 1 unspecified atom stereocenters. The summed E-state index contributed by atoms with van der Waals surface area (Å²) < 4.78 is 0. The van der Waals surface area contributed by atoms with Crippen LogP contribution in [-0.2, 0) is 11.2 Å². The van der Waals surface area contributed by atoms with Gasteiger partial charge in [-0.05, 0) is 36.3 Å². The number of benzene rings is 1. The molecule has 1 radical (unpaired) electrons. The molecule has 1 aromatic rings. The van der Waals surface area contributed by atoms with E-state index in [0.29, 0.717) is 11.8 Å². The molecule has 0 fully saturated rings. The van der Waals surface area contributed by atoms with Gasteiger partial charge < -0.3 is 5.11 Å². The molecule has 0 aliphatic carbocycles. The van der Waals surface area contributed by atoms with Crippen LogP contribution in [-0.4, -0.2) is 11.1 Å². The zero-order chi connectivity index (χ0) is 15.0. The first-order valence-corrected chi connectivity index (χ1v) is 6.88. The van der Waals surface area contributed by atoms with Crippen LogP contribution in [0.1, 0.15) is 51.7 Å². The predicted molar refractivity (Wildman–Crippen MR) is 81.2 cm³/mol. The number of carboxylic acids is 1. The van der Waals surface area contributed by atoms with E-state index in [1.54, 1.807) is 6.92 Å². The summed E-state index contributed by atoms with van der Waals surface area (Å²) in [6.45, 7) is 13.8. The maximum Gasteiger partial charge on any atom is 0.310 e. The largest absolute Gasteiger partial charge is 0.481 e. The molecule has 0 bridgehead atoms. The highest BCUT2D eigenvalue weighted by atomic mass is 16.4. The molecule has 0 spiro atoms. The van der Waals surface area contributed by atoms with Gasteiger partial charge in [-0.15, -0.1) is 0 Å². The Morgan fingerprint density at radius 1 is 1.11 bits per heavy atom. The Hall–Kier alpha value is -1.31. The summed E-state index contributed by atoms with van der Waals surface area (Å²) in [7, 11) is 0. The molecule has 0 saturated heterocycles. The Balaban J connectivity index is 0.000000711. The van der Waals surface area contributed by atoms with Crippen molar-refractivity contribution in [2.75, 3.05) is 0 Å². The molecule has 2 nitrogen and oxygen atoms in total. The van der Waals surface area contributed by atoms with Crippen LogP contribution in [0.5, 0.6) is 0 Å². The van der Waals surface area contributed by atoms with Crippen LogP contribution in [0, 0.1) is 18.8 Å². The van der Waals surface area contributed by atoms with Gasteiger partial charge in [0.1, 0.15) is 0 Å². The van der Waals surface area contributed by atoms with Crippen LogP contribution in [0.2, 0.25) is 0 Å². The van der Waals surface area contributed by atoms with Crippen LogP contribution in [0.3, 0.4) is 0 Å². The Morgan fingerprint density at radius 2 is 1.53 bits per heavy atom. The minimum absolute atomic E-state index is 0.418. The van der Waals surface area contributed by atoms with E-state index in [-0.39, 0.29) is 0 Å². The van der Waals surface area contributed by atoms with E-state index in [1.165, 1.54) is 5.56 Å². The van der Waals surface area contributed by atoms with Crippen molar-refractivity contribution in [3.8, 4) is 0 Å². The van der Waals surface area contributed by atoms with Crippen LogP contribution in [0.15, 0.2) is 24.3 Å². The van der Waals surface area contributed by atoms with E-state index in [4.69, 9.17) is 5.11 Å². The van der Waals surface area contributed by atoms with E-state index in [9.17, 15) is 4.79 Å². The fourth-order valence-corrected chi connectivity index (χ4v) is 1.56. The van der Waals surface area contributed by atoms with Gasteiger partial charge in [0.25, 0.3) is 0 Å². The second-order valence-corrected chi connectivity index (χ2v) is 5.79. The maximum absolute atomic E-state index is 10.8. The normalized spacial score (nSPS) is 12.0. The minimum atomic E-state index is -0.772. The fraction of sp³-hybridized carbons (Fsp3) is 0.529. The lowest BCUT2D eigenvalue weighted by Crippen LogP contribution is -2.07. The van der Waals surface area contributed by atoms with E-state index in [0.717, 1.165) is 12.0 Å². The van der Waals surface area contributed by atoms with Crippen molar-refractivity contribution in [1.82, 2.24) is 0 Å². The monoisotopic (exact) mass is 263 g/mol. The van der Waals surface area contributed by atoms with E-state index in [2.05, 4.69) is 34.6 Å². The van der Waals surface area contributed by atoms with Gasteiger partial charge in [0.2, 0.25) is 0 Å². The van der Waals surface area contributed by atoms with E-state index in [1.807, 2.05) is 24.3 Å². The molecule has 2 heteroatoms. The highest BCUT2D eigenvalue weighted by Crippen LogP contribution is 2.17. The molecule has 0 heterocycles. The zero-order valence-corrected chi connectivity index (χ0v) is 12.8. The third-order valence-electron chi connectivity index (χ3n) is 2.49. The minimum Gasteiger partial charge on any atom is -0.481 e. The predicted octanol–water partition coefficient (Wildman–Crippen LogP) is 4.55. The topological polar surface area (TPSA) is 37.3 Å². The maximum atomic E-state index is 10.8. The third kappa shape index (κ3) is 8.41. The van der Waals surface area contributed by atoms with Gasteiger partial charge in [0.05, 0.1) is 5.92 Å². The molecule has 1 atom stereocenters. The molecule has 107 valence electrons. The molecule has 0 amide bonds. The summed E-state index contributed by atoms with van der Waals surface area (Å²) in [5.41, 5.74) is 2.14. The first-order valence-electron chi connectivity index (χ1n) is 6.88. The average molecular weight is 263 g/mol. The molecule has 0 saturated carbocycles. The van der Waals surface area contributed by atoms with Gasteiger partial charge in [-0.2, -0.15) is 0 Å². The lowest BCUT2D eigenvalue weighted by Gasteiger charge is -2.09. The second-order valence-electron chi connectivity index (χ2n) is 5.79. The first kappa shape index (κ1) is 17.7. The van der Waals surface area contributed by atoms with Crippen LogP contribution in [0.25, 0.3) is 0 Å². The van der Waals surface area contributed by atoms with Crippen molar-refractivity contribution < 1.29 is 9.90 Å². The van der Waals surface area contributed by atoms with Crippen molar-refractivity contribution in [3.63, 3.8) is 0 Å². The summed E-state index contributed by atoms with van der Waals surface area (Å²) in [5.74, 6) is 0.0254. The molecule has 0 aromatic heterocycles. The molecule has 0 aliphatic rings. The van der Waals surface area contributed by atoms with Gasteiger partial charge in [-0.3, -0.25) is 4.79 Å². The summed E-state index contributed by atoms with van der Waals surface area (Å²) in [4.78, 5) is 10.8. The Kier molecular flexibility index (Phi) is 8.13. The fourth-order valence-electron chi connectivity index (χ4n) is 1.56. The van der Waals surface area contributed by atoms with E-state index < -0.39 is 11.9 Å². The van der Waals surface area contributed by atoms with E-state index >= 15 is 0 Å². The quantitative estimate of drug-likeness (QED) is 0.865. The van der Waals surface area contributed by atoms with Crippen molar-refractivity contribution >= 4 is 5.97 Å². The lowest BCUT2D eigenvalue weighted by atomic mass is 9.97. The van der Waals surface area contributed by atoms with Gasteiger partial charge in [0.15, 0.2) is 0 Å². The zero-order valence-electron chi connectivity index (χ0n) is 12.8. The Labute approximate surface area is 117 Å². The van der Waals surface area contributed by atoms with Crippen molar-refractivity contribution in [2.24, 2.45) is 11.8 Å². The highest BCUT2D eigenvalue weighted by molar-refractivity contribution is 5.75. The molecule has 0 aliphatic heterocycles. The number of aliphatic carboxylic acids is 1. The number of hydrogen-bond donors (Lipinski definition) is 1. The first-order chi connectivity index (χ1) is 8.73. The molecule has 1 N–H and O–H groups in total. The summed E-state index contributed by atoms with van der Waals surface area (Å²) >= 11 is 0. The van der Waals surface area contributed by atoms with Gasteiger partial charge >= 0.3 is 5.97 Å². The molecule has 1 rings (SSSR count). The average Bonchev–Trinajstić information content (AvgIpc) is 2.27. The molecule has 1 aromatic carbocycles. The Bertz CT molecular complexity index is 361. The number of hydrogen-bond acceptors (Lipinski definition) is 1. The SMILES string of the molecule is CC(C)Cc1ccc(C(C)C(=O)O)cc1.[CH2]C(C)C. The molecular weight excluding hydrogens is 236 g/mol. The van der Waals surface area contributed by atoms with Gasteiger partial charge in [0, 0.05) is 0 Å². The standard InChI is InChI=1S/C13H18O2.C4H9/c1-9(2)8-11-4-6-12(7-5-11)10(3)13(14)15;1-4(2)3/h4-7,9-10H,8H2,1-3H3,(H,14,15);4H,1H2,2-3H3. The smallest absolute Gasteiger partial charge is 0.310 e. The second kappa shape index (κ2) is 8.73. The van der Waals surface area contributed by atoms with Gasteiger partial charge in [-0.1, -0.05) is 58.9 Å². The highest BCUT2D eigenvalue weighted by Gasteiger charge is 2.12. The van der Waals surface area contributed by atoms with Crippen LogP contribution >= 0.6 is 0 Å². The Morgan fingerprint density at radius 3 is 1.84 bits per heavy atom. The number of carboxylic acid groups (broad SMARTS) is 1. The van der Waals surface area contributed by atoms with Gasteiger partial charge in [-0.25, -0.2) is 0 Å². The summed E-state index contributed by atoms with van der Waals surface area (Å²) in [5, 5.41) is 8.85. The molecule has 19 heavy (non-hydrogen) atoms. The molecular formula is C17H27O2. The number of carbonyl (C=O) groups is 1. The summed E-state index contributed by atoms with van der Waals surface area (Å²) in [6, 6.07) is 7.87. The van der Waals surface area contributed by atoms with Crippen LogP contribution < -0.4 is 0 Å².